The summed E-state index contributed by atoms with van der Waals surface area (Å²) in [6.45, 7) is 0.258. The van der Waals surface area contributed by atoms with E-state index in [4.69, 9.17) is 5.73 Å². The second kappa shape index (κ2) is 7.48. The van der Waals surface area contributed by atoms with Crippen molar-refractivity contribution in [3.8, 4) is 0 Å². The highest BCUT2D eigenvalue weighted by molar-refractivity contribution is 5.96. The molecule has 0 radical (unpaired) electrons. The Balaban J connectivity index is 1.71. The number of nitrogens with one attached hydrogen (secondary N) is 1. The standard InChI is InChI=1S/C18H16F3N5O/c19-18(20,21)14-8-4-7-13(9-14)11-26-16(22)15(24-25-26)17(27)23-10-12-5-2-1-3-6-12/h1-9H,10-11,22H2,(H,23,27). The van der Waals surface area contributed by atoms with Crippen LogP contribution in [0, 0.1) is 0 Å². The van der Waals surface area contributed by atoms with Gasteiger partial charge in [-0.2, -0.15) is 13.2 Å². The summed E-state index contributed by atoms with van der Waals surface area (Å²) in [5.74, 6) is -0.524. The maximum absolute atomic E-state index is 12.8. The summed E-state index contributed by atoms with van der Waals surface area (Å²) in [4.78, 5) is 12.2. The number of amides is 1. The first-order valence-corrected chi connectivity index (χ1v) is 8.02. The van der Waals surface area contributed by atoms with Crippen molar-refractivity contribution in [1.82, 2.24) is 20.3 Å². The summed E-state index contributed by atoms with van der Waals surface area (Å²) in [5.41, 5.74) is 6.31. The minimum atomic E-state index is -4.44. The van der Waals surface area contributed by atoms with Gasteiger partial charge in [-0.1, -0.05) is 47.7 Å². The van der Waals surface area contributed by atoms with Crippen molar-refractivity contribution in [2.75, 3.05) is 5.73 Å². The van der Waals surface area contributed by atoms with E-state index >= 15 is 0 Å². The molecule has 140 valence electrons. The van der Waals surface area contributed by atoms with Gasteiger partial charge in [0, 0.05) is 6.54 Å². The molecule has 1 heterocycles. The molecule has 0 saturated carbocycles. The van der Waals surface area contributed by atoms with E-state index in [0.29, 0.717) is 12.1 Å². The fourth-order valence-electron chi connectivity index (χ4n) is 2.48. The van der Waals surface area contributed by atoms with Gasteiger partial charge in [-0.3, -0.25) is 4.79 Å². The third kappa shape index (κ3) is 4.43. The van der Waals surface area contributed by atoms with Crippen molar-refractivity contribution in [3.05, 3.63) is 77.0 Å². The SMILES string of the molecule is Nc1c(C(=O)NCc2ccccc2)nnn1Cc1cccc(C(F)(F)F)c1. The van der Waals surface area contributed by atoms with Crippen LogP contribution in [0.4, 0.5) is 19.0 Å². The number of alkyl halides is 3. The number of halogens is 3. The van der Waals surface area contributed by atoms with Crippen LogP contribution >= 0.6 is 0 Å². The number of anilines is 1. The molecule has 0 aliphatic rings. The Hall–Kier alpha value is -3.36. The van der Waals surface area contributed by atoms with E-state index in [1.54, 1.807) is 0 Å². The zero-order valence-electron chi connectivity index (χ0n) is 14.1. The van der Waals surface area contributed by atoms with E-state index in [2.05, 4.69) is 15.6 Å². The first kappa shape index (κ1) is 18.4. The first-order valence-electron chi connectivity index (χ1n) is 8.02. The average Bonchev–Trinajstić information content (AvgIpc) is 3.01. The Bertz CT molecular complexity index is 938. The van der Waals surface area contributed by atoms with Gasteiger partial charge in [-0.25, -0.2) is 4.68 Å². The molecule has 2 aromatic carbocycles. The zero-order chi connectivity index (χ0) is 19.4. The Morgan fingerprint density at radius 1 is 1.07 bits per heavy atom. The number of hydrogen-bond acceptors (Lipinski definition) is 4. The number of nitrogens with zero attached hydrogens (tertiary/aromatic N) is 3. The van der Waals surface area contributed by atoms with Crippen LogP contribution in [0.15, 0.2) is 54.6 Å². The molecule has 0 fully saturated rings. The number of carbonyl (C=O) groups excluding carboxylic acids is 1. The summed E-state index contributed by atoms with van der Waals surface area (Å²) < 4.78 is 39.6. The fourth-order valence-corrected chi connectivity index (χ4v) is 2.48. The largest absolute Gasteiger partial charge is 0.416 e. The van der Waals surface area contributed by atoms with Gasteiger partial charge in [-0.05, 0) is 23.3 Å². The first-order chi connectivity index (χ1) is 12.8. The van der Waals surface area contributed by atoms with Crippen LogP contribution in [0.5, 0.6) is 0 Å². The van der Waals surface area contributed by atoms with Crippen LogP contribution in [0.3, 0.4) is 0 Å². The lowest BCUT2D eigenvalue weighted by molar-refractivity contribution is -0.137. The number of benzene rings is 2. The molecule has 0 aliphatic heterocycles. The molecule has 0 saturated heterocycles. The normalized spacial score (nSPS) is 11.4. The van der Waals surface area contributed by atoms with Crippen LogP contribution in [0.25, 0.3) is 0 Å². The number of hydrogen-bond donors (Lipinski definition) is 2. The highest BCUT2D eigenvalue weighted by Crippen LogP contribution is 2.29. The van der Waals surface area contributed by atoms with Gasteiger partial charge in [0.2, 0.25) is 0 Å². The third-order valence-corrected chi connectivity index (χ3v) is 3.87. The van der Waals surface area contributed by atoms with Gasteiger partial charge in [0.1, 0.15) is 0 Å². The molecule has 0 atom stereocenters. The second-order valence-electron chi connectivity index (χ2n) is 5.85. The van der Waals surface area contributed by atoms with Crippen LogP contribution in [0.2, 0.25) is 0 Å². The summed E-state index contributed by atoms with van der Waals surface area (Å²) in [5, 5.41) is 10.2. The van der Waals surface area contributed by atoms with Gasteiger partial charge >= 0.3 is 6.18 Å². The lowest BCUT2D eigenvalue weighted by Gasteiger charge is -2.09. The Kier molecular flexibility index (Phi) is 5.11. The molecule has 27 heavy (non-hydrogen) atoms. The van der Waals surface area contributed by atoms with Crippen molar-refractivity contribution in [2.45, 2.75) is 19.3 Å². The van der Waals surface area contributed by atoms with Gasteiger partial charge in [0.05, 0.1) is 12.1 Å². The van der Waals surface area contributed by atoms with E-state index in [-0.39, 0.29) is 18.1 Å². The zero-order valence-corrected chi connectivity index (χ0v) is 14.1. The van der Waals surface area contributed by atoms with Crippen LogP contribution in [0.1, 0.15) is 27.2 Å². The summed E-state index contributed by atoms with van der Waals surface area (Å²) in [6, 6.07) is 14.1. The average molecular weight is 375 g/mol. The second-order valence-corrected chi connectivity index (χ2v) is 5.85. The molecule has 3 aromatic rings. The number of nitrogen functional groups attached to an aromatic ring is 1. The van der Waals surface area contributed by atoms with Gasteiger partial charge in [-0.15, -0.1) is 5.10 Å². The molecule has 3 N–H and O–H groups in total. The van der Waals surface area contributed by atoms with E-state index in [1.165, 1.54) is 16.8 Å². The fraction of sp³-hybridized carbons (Fsp3) is 0.167. The topological polar surface area (TPSA) is 85.8 Å². The Morgan fingerprint density at radius 3 is 2.48 bits per heavy atom. The van der Waals surface area contributed by atoms with Crippen LogP contribution in [-0.4, -0.2) is 20.9 Å². The molecule has 0 spiro atoms. The molecule has 0 bridgehead atoms. The van der Waals surface area contributed by atoms with Crippen molar-refractivity contribution < 1.29 is 18.0 Å². The maximum atomic E-state index is 12.8. The van der Waals surface area contributed by atoms with Crippen molar-refractivity contribution in [2.24, 2.45) is 0 Å². The monoisotopic (exact) mass is 375 g/mol. The summed E-state index contributed by atoms with van der Waals surface area (Å²) in [7, 11) is 0. The molecule has 0 unspecified atom stereocenters. The predicted molar refractivity (Wildman–Crippen MR) is 92.6 cm³/mol. The summed E-state index contributed by atoms with van der Waals surface area (Å²) >= 11 is 0. The van der Waals surface area contributed by atoms with Gasteiger partial charge < -0.3 is 11.1 Å². The molecule has 1 amide bonds. The molecule has 9 heteroatoms. The van der Waals surface area contributed by atoms with E-state index in [9.17, 15) is 18.0 Å². The molecular formula is C18H16F3N5O. The lowest BCUT2D eigenvalue weighted by atomic mass is 10.1. The quantitative estimate of drug-likeness (QED) is 0.718. The number of aromatic nitrogens is 3. The van der Waals surface area contributed by atoms with E-state index < -0.39 is 17.6 Å². The molecule has 6 nitrogen and oxygen atoms in total. The van der Waals surface area contributed by atoms with Gasteiger partial charge in [0.15, 0.2) is 11.5 Å². The molecule has 1 aromatic heterocycles. The van der Waals surface area contributed by atoms with Crippen molar-refractivity contribution in [3.63, 3.8) is 0 Å². The highest BCUT2D eigenvalue weighted by atomic mass is 19.4. The van der Waals surface area contributed by atoms with Crippen molar-refractivity contribution in [1.29, 1.82) is 0 Å². The number of nitrogens with two attached hydrogens (primary N) is 1. The minimum Gasteiger partial charge on any atom is -0.382 e. The number of carbonyl (C=O) groups is 1. The van der Waals surface area contributed by atoms with E-state index in [0.717, 1.165) is 17.7 Å². The van der Waals surface area contributed by atoms with Crippen molar-refractivity contribution >= 4 is 11.7 Å². The Morgan fingerprint density at radius 2 is 1.78 bits per heavy atom. The van der Waals surface area contributed by atoms with E-state index in [1.807, 2.05) is 30.3 Å². The van der Waals surface area contributed by atoms with Crippen LogP contribution < -0.4 is 11.1 Å². The third-order valence-electron chi connectivity index (χ3n) is 3.87. The minimum absolute atomic E-state index is 0.0158. The number of rotatable bonds is 5. The van der Waals surface area contributed by atoms with Crippen LogP contribution in [-0.2, 0) is 19.3 Å². The maximum Gasteiger partial charge on any atom is 0.416 e. The molecule has 3 rings (SSSR count). The Labute approximate surface area is 152 Å². The highest BCUT2D eigenvalue weighted by Gasteiger charge is 2.30. The molecule has 0 aliphatic carbocycles. The summed E-state index contributed by atoms with van der Waals surface area (Å²) in [6.07, 6.45) is -4.44. The smallest absolute Gasteiger partial charge is 0.382 e. The van der Waals surface area contributed by atoms with Gasteiger partial charge in [0.25, 0.3) is 5.91 Å². The predicted octanol–water partition coefficient (Wildman–Crippen LogP) is 2.86. The molecular weight excluding hydrogens is 359 g/mol. The lowest BCUT2D eigenvalue weighted by Crippen LogP contribution is -2.24.